The normalized spacial score (nSPS) is 10.9. The molecule has 1 aromatic carbocycles. The van der Waals surface area contributed by atoms with Gasteiger partial charge in [0.05, 0.1) is 18.9 Å². The number of carbonyl (C=O) groups excluding carboxylic acids is 1. The van der Waals surface area contributed by atoms with E-state index in [9.17, 15) is 4.79 Å². The molecule has 0 aliphatic carbocycles. The molecule has 0 atom stereocenters. The lowest BCUT2D eigenvalue weighted by Crippen LogP contribution is -2.25. The number of aromatic nitrogens is 2. The van der Waals surface area contributed by atoms with Gasteiger partial charge in [-0.3, -0.25) is 4.79 Å². The predicted octanol–water partition coefficient (Wildman–Crippen LogP) is 3.10. The number of methoxy groups -OCH3 is 1. The molecule has 6 nitrogen and oxygen atoms in total. The molecule has 2 heterocycles. The number of benzene rings is 1. The fourth-order valence-corrected chi connectivity index (χ4v) is 2.68. The Morgan fingerprint density at radius 3 is 2.69 bits per heavy atom. The summed E-state index contributed by atoms with van der Waals surface area (Å²) in [6.07, 6.45) is 4.62. The Morgan fingerprint density at radius 2 is 2.00 bits per heavy atom. The number of fused-ring (bicyclic) bond motifs is 1. The van der Waals surface area contributed by atoms with Crippen molar-refractivity contribution in [2.24, 2.45) is 0 Å². The minimum absolute atomic E-state index is 0.109. The van der Waals surface area contributed by atoms with E-state index in [1.54, 1.807) is 19.2 Å². The molecule has 0 unspecified atom stereocenters. The van der Waals surface area contributed by atoms with E-state index in [0.717, 1.165) is 22.8 Å². The fourth-order valence-electron chi connectivity index (χ4n) is 2.68. The van der Waals surface area contributed by atoms with Crippen molar-refractivity contribution in [2.75, 3.05) is 13.7 Å². The van der Waals surface area contributed by atoms with Crippen LogP contribution in [-0.4, -0.2) is 35.1 Å². The van der Waals surface area contributed by atoms with Crippen LogP contribution in [0.5, 0.6) is 11.5 Å². The molecule has 136 valence electrons. The number of hydrogen-bond donors (Lipinski definition) is 1. The quantitative estimate of drug-likeness (QED) is 0.709. The average molecular weight is 353 g/mol. The van der Waals surface area contributed by atoms with E-state index in [4.69, 9.17) is 9.47 Å². The summed E-state index contributed by atoms with van der Waals surface area (Å²) < 4.78 is 12.8. The number of amides is 1. The van der Waals surface area contributed by atoms with Crippen molar-refractivity contribution in [1.82, 2.24) is 14.7 Å². The molecule has 6 heteroatoms. The number of imidazole rings is 1. The van der Waals surface area contributed by atoms with Crippen molar-refractivity contribution in [2.45, 2.75) is 26.4 Å². The van der Waals surface area contributed by atoms with Gasteiger partial charge in [0.15, 0.2) is 11.4 Å². The second kappa shape index (κ2) is 7.91. The van der Waals surface area contributed by atoms with Crippen LogP contribution in [-0.2, 0) is 6.42 Å². The summed E-state index contributed by atoms with van der Waals surface area (Å²) in [5.74, 6) is 1.38. The van der Waals surface area contributed by atoms with Crippen LogP contribution in [0, 0.1) is 0 Å². The van der Waals surface area contributed by atoms with Crippen LogP contribution >= 0.6 is 0 Å². The summed E-state index contributed by atoms with van der Waals surface area (Å²) in [5.41, 5.74) is 2.28. The number of pyridine rings is 1. The molecule has 0 bridgehead atoms. The van der Waals surface area contributed by atoms with Crippen LogP contribution < -0.4 is 14.8 Å². The van der Waals surface area contributed by atoms with Gasteiger partial charge in [0.25, 0.3) is 5.91 Å². The van der Waals surface area contributed by atoms with Crippen LogP contribution in [0.2, 0.25) is 0 Å². The third kappa shape index (κ3) is 4.14. The smallest absolute Gasteiger partial charge is 0.251 e. The van der Waals surface area contributed by atoms with Crippen molar-refractivity contribution in [3.05, 3.63) is 60.0 Å². The van der Waals surface area contributed by atoms with Crippen LogP contribution in [0.3, 0.4) is 0 Å². The topological polar surface area (TPSA) is 64.9 Å². The first kappa shape index (κ1) is 17.8. The van der Waals surface area contributed by atoms with Crippen LogP contribution in [0.4, 0.5) is 0 Å². The highest BCUT2D eigenvalue weighted by Crippen LogP contribution is 2.18. The average Bonchev–Trinajstić information content (AvgIpc) is 3.04. The molecule has 26 heavy (non-hydrogen) atoms. The summed E-state index contributed by atoms with van der Waals surface area (Å²) in [6, 6.07) is 10.9. The second-order valence-electron chi connectivity index (χ2n) is 6.24. The van der Waals surface area contributed by atoms with Crippen LogP contribution in [0.25, 0.3) is 5.65 Å². The Kier molecular flexibility index (Phi) is 5.41. The van der Waals surface area contributed by atoms with Crippen molar-refractivity contribution in [3.8, 4) is 11.5 Å². The predicted molar refractivity (Wildman–Crippen MR) is 100.0 cm³/mol. The van der Waals surface area contributed by atoms with Crippen molar-refractivity contribution in [3.63, 3.8) is 0 Å². The van der Waals surface area contributed by atoms with E-state index in [2.05, 4.69) is 10.3 Å². The maximum absolute atomic E-state index is 12.2. The number of nitrogens with one attached hydrogen (secondary N) is 1. The summed E-state index contributed by atoms with van der Waals surface area (Å²) >= 11 is 0. The standard InChI is InChI=1S/C20H23N3O3/c1-14(2)26-17-8-6-15(7-9-17)20(24)21-11-10-16-13-23-12-4-5-18(25-3)19(23)22-16/h4-9,12-14H,10-11H2,1-3H3,(H,21,24). The van der Waals surface area contributed by atoms with Gasteiger partial charge in [-0.1, -0.05) is 0 Å². The summed E-state index contributed by atoms with van der Waals surface area (Å²) in [4.78, 5) is 16.8. The first-order valence-corrected chi connectivity index (χ1v) is 8.62. The SMILES string of the molecule is COc1cccn2cc(CCNC(=O)c3ccc(OC(C)C)cc3)nc12. The van der Waals surface area contributed by atoms with Crippen LogP contribution in [0.15, 0.2) is 48.8 Å². The van der Waals surface area contributed by atoms with Gasteiger partial charge < -0.3 is 19.2 Å². The Morgan fingerprint density at radius 1 is 1.23 bits per heavy atom. The van der Waals surface area contributed by atoms with Gasteiger partial charge in [-0.05, 0) is 50.2 Å². The van der Waals surface area contributed by atoms with Crippen LogP contribution in [0.1, 0.15) is 29.9 Å². The molecule has 0 aliphatic heterocycles. The highest BCUT2D eigenvalue weighted by Gasteiger charge is 2.09. The summed E-state index contributed by atoms with van der Waals surface area (Å²) in [6.45, 7) is 4.44. The molecule has 0 saturated carbocycles. The van der Waals surface area contributed by atoms with E-state index in [1.165, 1.54) is 0 Å². The van der Waals surface area contributed by atoms with E-state index in [0.29, 0.717) is 18.5 Å². The Bertz CT molecular complexity index is 885. The molecule has 3 aromatic rings. The van der Waals surface area contributed by atoms with Crippen molar-refractivity contribution in [1.29, 1.82) is 0 Å². The maximum Gasteiger partial charge on any atom is 0.251 e. The van der Waals surface area contributed by atoms with E-state index >= 15 is 0 Å². The highest BCUT2D eigenvalue weighted by atomic mass is 16.5. The monoisotopic (exact) mass is 353 g/mol. The number of ether oxygens (including phenoxy) is 2. The lowest BCUT2D eigenvalue weighted by atomic mass is 10.2. The minimum Gasteiger partial charge on any atom is -0.493 e. The largest absolute Gasteiger partial charge is 0.493 e. The molecule has 0 saturated heterocycles. The summed E-state index contributed by atoms with van der Waals surface area (Å²) in [7, 11) is 1.63. The van der Waals surface area contributed by atoms with Crippen molar-refractivity contribution < 1.29 is 14.3 Å². The third-order valence-corrected chi connectivity index (χ3v) is 3.87. The van der Waals surface area contributed by atoms with E-state index in [-0.39, 0.29) is 12.0 Å². The lowest BCUT2D eigenvalue weighted by molar-refractivity contribution is 0.0954. The molecule has 3 rings (SSSR count). The molecule has 1 N–H and O–H groups in total. The molecule has 0 aliphatic rings. The fraction of sp³-hybridized carbons (Fsp3) is 0.300. The third-order valence-electron chi connectivity index (χ3n) is 3.87. The Hall–Kier alpha value is -3.02. The van der Waals surface area contributed by atoms with Gasteiger partial charge in [-0.25, -0.2) is 4.98 Å². The Balaban J connectivity index is 1.57. The van der Waals surface area contributed by atoms with E-state index < -0.39 is 0 Å². The second-order valence-corrected chi connectivity index (χ2v) is 6.24. The van der Waals surface area contributed by atoms with Gasteiger partial charge in [-0.2, -0.15) is 0 Å². The van der Waals surface area contributed by atoms with Gasteiger partial charge in [0.2, 0.25) is 0 Å². The molecule has 2 aromatic heterocycles. The number of carbonyl (C=O) groups is 1. The zero-order valence-electron chi connectivity index (χ0n) is 15.2. The Labute approximate surface area is 152 Å². The zero-order chi connectivity index (χ0) is 18.5. The molecule has 0 radical (unpaired) electrons. The van der Waals surface area contributed by atoms with Gasteiger partial charge in [0.1, 0.15) is 5.75 Å². The number of rotatable bonds is 7. The van der Waals surface area contributed by atoms with Gasteiger partial charge >= 0.3 is 0 Å². The maximum atomic E-state index is 12.2. The molecular weight excluding hydrogens is 330 g/mol. The zero-order valence-corrected chi connectivity index (χ0v) is 15.2. The van der Waals surface area contributed by atoms with Gasteiger partial charge in [0, 0.05) is 30.9 Å². The summed E-state index contributed by atoms with van der Waals surface area (Å²) in [5, 5.41) is 2.92. The first-order valence-electron chi connectivity index (χ1n) is 8.62. The van der Waals surface area contributed by atoms with E-state index in [1.807, 2.05) is 54.9 Å². The molecule has 0 spiro atoms. The van der Waals surface area contributed by atoms with Gasteiger partial charge in [-0.15, -0.1) is 0 Å². The molecule has 0 fully saturated rings. The number of hydrogen-bond acceptors (Lipinski definition) is 4. The first-order chi connectivity index (χ1) is 12.6. The molecule has 1 amide bonds. The molecular formula is C20H23N3O3. The van der Waals surface area contributed by atoms with Crippen molar-refractivity contribution >= 4 is 11.6 Å². The number of nitrogens with zero attached hydrogens (tertiary/aromatic N) is 2. The lowest BCUT2D eigenvalue weighted by Gasteiger charge is -2.10. The minimum atomic E-state index is -0.109. The highest BCUT2D eigenvalue weighted by molar-refractivity contribution is 5.94.